The second-order valence-corrected chi connectivity index (χ2v) is 5.84. The van der Waals surface area contributed by atoms with E-state index in [1.807, 2.05) is 18.3 Å². The Balaban J connectivity index is 1.81. The van der Waals surface area contributed by atoms with Crippen molar-refractivity contribution in [1.82, 2.24) is 4.98 Å². The third-order valence-electron chi connectivity index (χ3n) is 2.91. The van der Waals surface area contributed by atoms with E-state index in [0.29, 0.717) is 5.15 Å². The second kappa shape index (κ2) is 5.38. The largest absolute Gasteiger partial charge is 0.365 e. The predicted molar refractivity (Wildman–Crippen MR) is 88.5 cm³/mol. The molecule has 1 aromatic heterocycles. The molecule has 2 N–H and O–H groups in total. The first-order valence-corrected chi connectivity index (χ1v) is 7.30. The number of aromatic nitrogens is 1. The minimum atomic E-state index is 0.512. The number of fused-ring (bicyclic) bond motifs is 1. The van der Waals surface area contributed by atoms with Gasteiger partial charge < -0.3 is 10.6 Å². The molecule has 0 spiro atoms. The van der Waals surface area contributed by atoms with E-state index >= 15 is 0 Å². The molecule has 0 atom stereocenters. The van der Waals surface area contributed by atoms with Crippen molar-refractivity contribution in [3.05, 3.63) is 56.9 Å². The van der Waals surface area contributed by atoms with Crippen LogP contribution in [-0.4, -0.2) is 11.5 Å². The first kappa shape index (κ1) is 12.7. The standard InChI is InChI=1S/C14H11ClIN3/c15-13-6-5-12-9(8-18-14(12)19-13)7-17-11-3-1-10(16)2-4-11/h1-7,17H,8H2,(H,18,19). The average molecular weight is 384 g/mol. The van der Waals surface area contributed by atoms with E-state index in [1.54, 1.807) is 0 Å². The third-order valence-corrected chi connectivity index (χ3v) is 3.84. The summed E-state index contributed by atoms with van der Waals surface area (Å²) in [4.78, 5) is 4.26. The predicted octanol–water partition coefficient (Wildman–Crippen LogP) is 4.22. The number of benzene rings is 1. The maximum atomic E-state index is 5.87. The van der Waals surface area contributed by atoms with Gasteiger partial charge in [0.05, 0.1) is 0 Å². The monoisotopic (exact) mass is 383 g/mol. The Kier molecular flexibility index (Phi) is 3.61. The normalized spacial score (nSPS) is 15.2. The average Bonchev–Trinajstić information content (AvgIpc) is 2.80. The highest BCUT2D eigenvalue weighted by Crippen LogP contribution is 2.30. The van der Waals surface area contributed by atoms with Crippen LogP contribution in [0.2, 0.25) is 5.15 Å². The van der Waals surface area contributed by atoms with Gasteiger partial charge in [-0.25, -0.2) is 4.98 Å². The number of halogens is 2. The van der Waals surface area contributed by atoms with Crippen molar-refractivity contribution in [2.45, 2.75) is 0 Å². The molecule has 0 bridgehead atoms. The fourth-order valence-electron chi connectivity index (χ4n) is 1.95. The van der Waals surface area contributed by atoms with E-state index in [9.17, 15) is 0 Å². The van der Waals surface area contributed by atoms with E-state index in [0.717, 1.165) is 23.6 Å². The number of rotatable bonds is 2. The summed E-state index contributed by atoms with van der Waals surface area (Å²) in [6, 6.07) is 12.1. The summed E-state index contributed by atoms with van der Waals surface area (Å²) in [6.07, 6.45) is 2.01. The smallest absolute Gasteiger partial charge is 0.135 e. The summed E-state index contributed by atoms with van der Waals surface area (Å²) in [5.74, 6) is 0.850. The van der Waals surface area contributed by atoms with Crippen molar-refractivity contribution in [3.8, 4) is 0 Å². The van der Waals surface area contributed by atoms with Crippen molar-refractivity contribution in [1.29, 1.82) is 0 Å². The Morgan fingerprint density at radius 2 is 2.00 bits per heavy atom. The van der Waals surface area contributed by atoms with Crippen LogP contribution in [0, 0.1) is 3.57 Å². The summed E-state index contributed by atoms with van der Waals surface area (Å²) in [5, 5.41) is 7.05. The van der Waals surface area contributed by atoms with Crippen LogP contribution in [-0.2, 0) is 0 Å². The molecule has 0 fully saturated rings. The van der Waals surface area contributed by atoms with Gasteiger partial charge in [-0.05, 0) is 64.6 Å². The molecule has 1 aliphatic heterocycles. The van der Waals surface area contributed by atoms with E-state index in [2.05, 4.69) is 62.5 Å². The number of nitrogens with one attached hydrogen (secondary N) is 2. The van der Waals surface area contributed by atoms with Gasteiger partial charge >= 0.3 is 0 Å². The molecule has 2 heterocycles. The summed E-state index contributed by atoms with van der Waals surface area (Å²) < 4.78 is 1.22. The molecule has 2 aromatic rings. The first-order chi connectivity index (χ1) is 9.22. The highest BCUT2D eigenvalue weighted by atomic mass is 127. The second-order valence-electron chi connectivity index (χ2n) is 4.20. The van der Waals surface area contributed by atoms with Gasteiger partial charge in [0, 0.05) is 27.6 Å². The van der Waals surface area contributed by atoms with Crippen LogP contribution in [0.15, 0.2) is 42.6 Å². The molecule has 19 heavy (non-hydrogen) atoms. The molecule has 3 rings (SSSR count). The first-order valence-electron chi connectivity index (χ1n) is 5.84. The van der Waals surface area contributed by atoms with Crippen LogP contribution < -0.4 is 10.6 Å². The van der Waals surface area contributed by atoms with Gasteiger partial charge in [0.25, 0.3) is 0 Å². The van der Waals surface area contributed by atoms with Gasteiger partial charge in [-0.3, -0.25) is 0 Å². The molecule has 3 nitrogen and oxygen atoms in total. The zero-order valence-corrected chi connectivity index (χ0v) is 12.9. The van der Waals surface area contributed by atoms with Crippen molar-refractivity contribution < 1.29 is 0 Å². The lowest BCUT2D eigenvalue weighted by molar-refractivity contribution is 1.29. The van der Waals surface area contributed by atoms with Gasteiger partial charge in [-0.2, -0.15) is 0 Å². The van der Waals surface area contributed by atoms with Crippen LogP contribution in [0.1, 0.15) is 5.56 Å². The molecular weight excluding hydrogens is 373 g/mol. The highest BCUT2D eigenvalue weighted by Gasteiger charge is 2.16. The zero-order chi connectivity index (χ0) is 13.2. The van der Waals surface area contributed by atoms with Crippen LogP contribution >= 0.6 is 34.2 Å². The van der Waals surface area contributed by atoms with Crippen LogP contribution in [0.4, 0.5) is 11.5 Å². The van der Waals surface area contributed by atoms with E-state index in [4.69, 9.17) is 11.6 Å². The van der Waals surface area contributed by atoms with E-state index in [-0.39, 0.29) is 0 Å². The molecule has 1 aromatic carbocycles. The Bertz CT molecular complexity index is 638. The van der Waals surface area contributed by atoms with Crippen molar-refractivity contribution in [2.24, 2.45) is 0 Å². The molecular formula is C14H11ClIN3. The molecule has 0 unspecified atom stereocenters. The minimum Gasteiger partial charge on any atom is -0.365 e. The lowest BCUT2D eigenvalue weighted by atomic mass is 10.1. The Labute approximate surface area is 130 Å². The van der Waals surface area contributed by atoms with Crippen LogP contribution in [0.25, 0.3) is 5.57 Å². The molecule has 1 aliphatic rings. The van der Waals surface area contributed by atoms with Gasteiger partial charge in [0.15, 0.2) is 0 Å². The fourth-order valence-corrected chi connectivity index (χ4v) is 2.46. The SMILES string of the molecule is Clc1ccc2c(n1)NCC2=CNc1ccc(I)cc1. The summed E-state index contributed by atoms with van der Waals surface area (Å²) in [6.45, 7) is 0.764. The summed E-state index contributed by atoms with van der Waals surface area (Å²) in [7, 11) is 0. The number of hydrogen-bond acceptors (Lipinski definition) is 3. The molecule has 5 heteroatoms. The van der Waals surface area contributed by atoms with Crippen LogP contribution in [0.3, 0.4) is 0 Å². The maximum absolute atomic E-state index is 5.87. The molecule has 96 valence electrons. The Morgan fingerprint density at radius 1 is 1.21 bits per heavy atom. The lowest BCUT2D eigenvalue weighted by Crippen LogP contribution is -1.95. The maximum Gasteiger partial charge on any atom is 0.135 e. The third kappa shape index (κ3) is 2.84. The molecule has 0 aliphatic carbocycles. The molecule has 0 radical (unpaired) electrons. The number of nitrogens with zero attached hydrogens (tertiary/aromatic N) is 1. The van der Waals surface area contributed by atoms with E-state index in [1.165, 1.54) is 9.14 Å². The van der Waals surface area contributed by atoms with Gasteiger partial charge in [-0.15, -0.1) is 0 Å². The van der Waals surface area contributed by atoms with Gasteiger partial charge in [-0.1, -0.05) is 11.6 Å². The fraction of sp³-hybridized carbons (Fsp3) is 0.0714. The van der Waals surface area contributed by atoms with E-state index < -0.39 is 0 Å². The molecule has 0 saturated heterocycles. The Hall–Kier alpha value is -1.27. The summed E-state index contributed by atoms with van der Waals surface area (Å²) in [5.41, 5.74) is 3.35. The van der Waals surface area contributed by atoms with Crippen molar-refractivity contribution >= 4 is 51.3 Å². The van der Waals surface area contributed by atoms with Crippen molar-refractivity contribution in [3.63, 3.8) is 0 Å². The quantitative estimate of drug-likeness (QED) is 0.602. The number of pyridine rings is 1. The van der Waals surface area contributed by atoms with Gasteiger partial charge in [0.1, 0.15) is 11.0 Å². The minimum absolute atomic E-state index is 0.512. The lowest BCUT2D eigenvalue weighted by Gasteiger charge is -2.03. The summed E-state index contributed by atoms with van der Waals surface area (Å²) >= 11 is 8.16. The van der Waals surface area contributed by atoms with Crippen LogP contribution in [0.5, 0.6) is 0 Å². The number of anilines is 2. The Morgan fingerprint density at radius 3 is 2.79 bits per heavy atom. The van der Waals surface area contributed by atoms with Gasteiger partial charge in [0.2, 0.25) is 0 Å². The highest BCUT2D eigenvalue weighted by molar-refractivity contribution is 14.1. The topological polar surface area (TPSA) is 37.0 Å². The molecule has 0 saturated carbocycles. The molecule has 0 amide bonds. The van der Waals surface area contributed by atoms with Crippen molar-refractivity contribution in [2.75, 3.05) is 17.2 Å². The number of hydrogen-bond donors (Lipinski definition) is 2. The zero-order valence-electron chi connectivity index (χ0n) is 9.95.